The van der Waals surface area contributed by atoms with E-state index in [0.29, 0.717) is 35.7 Å². The number of aromatic nitrogens is 2. The van der Waals surface area contributed by atoms with E-state index in [0.717, 1.165) is 5.57 Å². The molecular formula is C29H32FN3O4S. The third kappa shape index (κ3) is 3.18. The number of carbonyl (C=O) groups excluding carboxylic acids is 2. The second-order valence-electron chi connectivity index (χ2n) is 11.9. The molecule has 6 rings (SSSR count). The van der Waals surface area contributed by atoms with Gasteiger partial charge in [-0.1, -0.05) is 25.5 Å². The van der Waals surface area contributed by atoms with Gasteiger partial charge < -0.3 is 10.2 Å². The first-order valence-corrected chi connectivity index (χ1v) is 14.0. The molecular weight excluding hydrogens is 505 g/mol. The zero-order valence-corrected chi connectivity index (χ0v) is 22.5. The van der Waals surface area contributed by atoms with Gasteiger partial charge in [-0.15, -0.1) is 11.3 Å². The molecule has 2 aromatic heterocycles. The minimum absolute atomic E-state index is 0.0606. The second-order valence-corrected chi connectivity index (χ2v) is 12.8. The summed E-state index contributed by atoms with van der Waals surface area (Å²) < 4.78 is 17.4. The van der Waals surface area contributed by atoms with Gasteiger partial charge in [0.05, 0.1) is 17.4 Å². The number of aliphatic hydroxyl groups excluding tert-OH is 1. The Morgan fingerprint density at radius 1 is 1.29 bits per heavy atom. The van der Waals surface area contributed by atoms with Crippen LogP contribution in [0.15, 0.2) is 53.7 Å². The Balaban J connectivity index is 1.34. The largest absolute Gasteiger partial charge is 0.390 e. The topological polar surface area (TPSA) is 112 Å². The van der Waals surface area contributed by atoms with Crippen molar-refractivity contribution in [1.29, 1.82) is 0 Å². The van der Waals surface area contributed by atoms with Gasteiger partial charge in [-0.25, -0.2) is 9.37 Å². The lowest BCUT2D eigenvalue weighted by Crippen LogP contribution is -2.68. The summed E-state index contributed by atoms with van der Waals surface area (Å²) in [4.78, 5) is 33.3. The number of pyridine rings is 1. The molecule has 8 atom stereocenters. The number of rotatable bonds is 3. The molecule has 9 heteroatoms. The molecule has 2 heterocycles. The Morgan fingerprint density at radius 3 is 2.82 bits per heavy atom. The van der Waals surface area contributed by atoms with Gasteiger partial charge >= 0.3 is 0 Å². The van der Waals surface area contributed by atoms with E-state index in [2.05, 4.69) is 15.3 Å². The second kappa shape index (κ2) is 8.37. The summed E-state index contributed by atoms with van der Waals surface area (Å²) in [5, 5.41) is 28.8. The highest BCUT2D eigenvalue weighted by Crippen LogP contribution is 2.72. The maximum absolute atomic E-state index is 17.4. The van der Waals surface area contributed by atoms with Crippen molar-refractivity contribution in [2.24, 2.45) is 28.6 Å². The number of thiazole rings is 1. The third-order valence-corrected chi connectivity index (χ3v) is 11.0. The molecule has 3 N–H and O–H groups in total. The molecule has 3 fully saturated rings. The van der Waals surface area contributed by atoms with Crippen LogP contribution in [0.5, 0.6) is 0 Å². The smallest absolute Gasteiger partial charge is 0.259 e. The van der Waals surface area contributed by atoms with Gasteiger partial charge in [-0.3, -0.25) is 19.9 Å². The molecule has 0 aliphatic heterocycles. The Kier molecular flexibility index (Phi) is 5.62. The predicted molar refractivity (Wildman–Crippen MR) is 141 cm³/mol. The van der Waals surface area contributed by atoms with Crippen LogP contribution in [0.3, 0.4) is 0 Å². The van der Waals surface area contributed by atoms with Crippen LogP contribution in [0.4, 0.5) is 9.52 Å². The summed E-state index contributed by atoms with van der Waals surface area (Å²) in [7, 11) is 0. The highest BCUT2D eigenvalue weighted by Gasteiger charge is 2.74. The predicted octanol–water partition coefficient (Wildman–Crippen LogP) is 4.59. The SMILES string of the molecule is C[C@@H]1C[C@H]2[C@@H]3CCC4=CC(=O)C=C[C@]4(C)[C@@]3(F)[C@@H](O)C[C@]2(C)[C@@]1(O)c1csc(NC(=O)c2cccnc2)n1. The van der Waals surface area contributed by atoms with Gasteiger partial charge in [0.2, 0.25) is 0 Å². The lowest BCUT2D eigenvalue weighted by Gasteiger charge is -2.62. The van der Waals surface area contributed by atoms with Gasteiger partial charge in [0, 0.05) is 34.5 Å². The van der Waals surface area contributed by atoms with Crippen molar-refractivity contribution < 1.29 is 24.2 Å². The van der Waals surface area contributed by atoms with Crippen LogP contribution in [-0.2, 0) is 10.4 Å². The Hall–Kier alpha value is -2.75. The quantitative estimate of drug-likeness (QED) is 0.528. The zero-order chi connectivity index (χ0) is 27.1. The average Bonchev–Trinajstić information content (AvgIpc) is 3.43. The highest BCUT2D eigenvalue weighted by molar-refractivity contribution is 7.14. The summed E-state index contributed by atoms with van der Waals surface area (Å²) >= 11 is 1.23. The van der Waals surface area contributed by atoms with Gasteiger partial charge in [-0.05, 0) is 68.7 Å². The number of carbonyl (C=O) groups is 2. The normalized spacial score (nSPS) is 41.6. The summed E-state index contributed by atoms with van der Waals surface area (Å²) in [6, 6.07) is 3.33. The molecule has 0 spiro atoms. The van der Waals surface area contributed by atoms with E-state index in [-0.39, 0.29) is 29.9 Å². The fraction of sp³-hybridized carbons (Fsp3) is 0.517. The van der Waals surface area contributed by atoms with Crippen molar-refractivity contribution in [3.8, 4) is 0 Å². The van der Waals surface area contributed by atoms with Crippen LogP contribution < -0.4 is 5.32 Å². The van der Waals surface area contributed by atoms with Crippen molar-refractivity contribution in [2.45, 2.75) is 63.8 Å². The first-order valence-electron chi connectivity index (χ1n) is 13.2. The Labute approximate surface area is 224 Å². The molecule has 0 radical (unpaired) electrons. The first kappa shape index (κ1) is 25.5. The fourth-order valence-corrected chi connectivity index (χ4v) is 9.02. The highest BCUT2D eigenvalue weighted by atomic mass is 32.1. The van der Waals surface area contributed by atoms with Crippen molar-refractivity contribution in [2.75, 3.05) is 5.32 Å². The van der Waals surface area contributed by atoms with Crippen LogP contribution in [0.25, 0.3) is 0 Å². The monoisotopic (exact) mass is 537 g/mol. The number of halogens is 1. The number of alkyl halides is 1. The van der Waals surface area contributed by atoms with E-state index in [1.807, 2.05) is 13.8 Å². The van der Waals surface area contributed by atoms with Crippen LogP contribution in [0.2, 0.25) is 0 Å². The number of hydrogen-bond donors (Lipinski definition) is 3. The van der Waals surface area contributed by atoms with Gasteiger partial charge in [-0.2, -0.15) is 0 Å². The van der Waals surface area contributed by atoms with Gasteiger partial charge in [0.15, 0.2) is 16.6 Å². The first-order chi connectivity index (χ1) is 17.9. The lowest BCUT2D eigenvalue weighted by molar-refractivity contribution is -0.223. The number of anilines is 1. The molecule has 7 nitrogen and oxygen atoms in total. The zero-order valence-electron chi connectivity index (χ0n) is 21.6. The minimum atomic E-state index is -1.95. The Bertz CT molecular complexity index is 1380. The molecule has 38 heavy (non-hydrogen) atoms. The van der Waals surface area contributed by atoms with E-state index in [4.69, 9.17) is 0 Å². The van der Waals surface area contributed by atoms with Gasteiger partial charge in [0.25, 0.3) is 5.91 Å². The summed E-state index contributed by atoms with van der Waals surface area (Å²) in [6.07, 6.45) is 8.04. The number of amides is 1. The molecule has 2 aromatic rings. The van der Waals surface area contributed by atoms with E-state index in [1.165, 1.54) is 29.7 Å². The number of ketones is 1. The fourth-order valence-electron chi connectivity index (χ4n) is 8.26. The van der Waals surface area contributed by atoms with Crippen molar-refractivity contribution in [3.63, 3.8) is 0 Å². The summed E-state index contributed by atoms with van der Waals surface area (Å²) in [5.41, 5.74) is -3.70. The minimum Gasteiger partial charge on any atom is -0.390 e. The summed E-state index contributed by atoms with van der Waals surface area (Å²) in [6.45, 7) is 5.70. The maximum atomic E-state index is 17.4. The van der Waals surface area contributed by atoms with Crippen molar-refractivity contribution in [1.82, 2.24) is 9.97 Å². The van der Waals surface area contributed by atoms with Crippen LogP contribution >= 0.6 is 11.3 Å². The van der Waals surface area contributed by atoms with Crippen LogP contribution in [-0.4, -0.2) is 43.6 Å². The number of nitrogens with one attached hydrogen (secondary N) is 1. The summed E-state index contributed by atoms with van der Waals surface area (Å²) in [5.74, 6) is -1.42. The number of fused-ring (bicyclic) bond motifs is 5. The lowest BCUT2D eigenvalue weighted by atomic mass is 9.44. The molecule has 0 saturated heterocycles. The average molecular weight is 538 g/mol. The van der Waals surface area contributed by atoms with Gasteiger partial charge in [0.1, 0.15) is 5.60 Å². The van der Waals surface area contributed by atoms with E-state index in [9.17, 15) is 19.8 Å². The van der Waals surface area contributed by atoms with Crippen LogP contribution in [0.1, 0.15) is 62.5 Å². The standard InChI is InChI=1S/C29H32FN3O4S/c1-16-11-21-20-7-6-18-12-19(34)8-9-26(18,2)28(20,30)23(35)13-27(21,3)29(16,37)22-15-38-25(32-22)33-24(36)17-5-4-10-31-14-17/h4-5,8-10,12,14-16,20-21,23,35,37H,6-7,11,13H2,1-3H3,(H,32,33,36)/t16-,20+,21+,23+,26+,27+,28+,29+/m1/s1. The number of nitrogens with zero attached hydrogens (tertiary/aromatic N) is 2. The third-order valence-electron chi connectivity index (χ3n) is 10.3. The number of aliphatic hydroxyl groups is 2. The van der Waals surface area contributed by atoms with Crippen molar-refractivity contribution >= 4 is 28.2 Å². The maximum Gasteiger partial charge on any atom is 0.259 e. The molecule has 0 aromatic carbocycles. The molecule has 0 bridgehead atoms. The molecule has 200 valence electrons. The Morgan fingerprint density at radius 2 is 2.08 bits per heavy atom. The van der Waals surface area contributed by atoms with E-state index < -0.39 is 34.1 Å². The number of allylic oxidation sites excluding steroid dienone is 4. The van der Waals surface area contributed by atoms with E-state index in [1.54, 1.807) is 36.7 Å². The van der Waals surface area contributed by atoms with Crippen molar-refractivity contribution in [3.05, 3.63) is 65.0 Å². The molecule has 1 amide bonds. The molecule has 4 aliphatic carbocycles. The van der Waals surface area contributed by atoms with E-state index >= 15 is 4.39 Å². The molecule has 0 unspecified atom stereocenters. The number of hydrogen-bond acceptors (Lipinski definition) is 7. The molecule has 3 saturated carbocycles. The molecule has 4 aliphatic rings. The van der Waals surface area contributed by atoms with Crippen LogP contribution in [0, 0.1) is 28.6 Å².